The summed E-state index contributed by atoms with van der Waals surface area (Å²) in [5, 5.41) is 7.46. The van der Waals surface area contributed by atoms with Crippen molar-refractivity contribution in [2.24, 2.45) is 5.92 Å². The molecule has 1 aromatic rings. The Kier molecular flexibility index (Phi) is 3.18. The summed E-state index contributed by atoms with van der Waals surface area (Å²) < 4.78 is 2.91. The van der Waals surface area contributed by atoms with Crippen molar-refractivity contribution in [1.82, 2.24) is 14.8 Å². The van der Waals surface area contributed by atoms with Crippen LogP contribution >= 0.6 is 12.2 Å². The van der Waals surface area contributed by atoms with Crippen molar-refractivity contribution >= 4 is 18.2 Å². The zero-order valence-corrected chi connectivity index (χ0v) is 12.0. The van der Waals surface area contributed by atoms with Crippen molar-refractivity contribution in [3.8, 4) is 0 Å². The molecule has 1 saturated heterocycles. The average Bonchev–Trinajstić information content (AvgIpc) is 2.94. The Morgan fingerprint density at radius 2 is 2.06 bits per heavy atom. The summed E-state index contributed by atoms with van der Waals surface area (Å²) in [6.45, 7) is 5.48. The lowest BCUT2D eigenvalue weighted by Gasteiger charge is -2.38. The number of nitrogens with one attached hydrogen (secondary N) is 1. The van der Waals surface area contributed by atoms with Gasteiger partial charge in [-0.25, -0.2) is 5.10 Å². The molecule has 1 saturated carbocycles. The van der Waals surface area contributed by atoms with E-state index in [9.17, 15) is 0 Å². The van der Waals surface area contributed by atoms with Crippen molar-refractivity contribution in [3.63, 3.8) is 0 Å². The minimum atomic E-state index is 0.369. The average molecular weight is 266 g/mol. The first-order chi connectivity index (χ1) is 8.68. The zero-order valence-electron chi connectivity index (χ0n) is 11.2. The van der Waals surface area contributed by atoms with Crippen LogP contribution in [0, 0.1) is 10.7 Å². The predicted octanol–water partition coefficient (Wildman–Crippen LogP) is 3.29. The molecule has 100 valence electrons. The van der Waals surface area contributed by atoms with Gasteiger partial charge in [-0.1, -0.05) is 6.42 Å². The molecule has 2 atom stereocenters. The number of nitrogens with zero attached hydrogens (tertiary/aromatic N) is 3. The first-order valence-corrected chi connectivity index (χ1v) is 7.53. The summed E-state index contributed by atoms with van der Waals surface area (Å²) in [5.74, 6) is 1.94. The summed E-state index contributed by atoms with van der Waals surface area (Å²) in [5.41, 5.74) is 0. The van der Waals surface area contributed by atoms with Crippen molar-refractivity contribution < 1.29 is 0 Å². The van der Waals surface area contributed by atoms with Gasteiger partial charge < -0.3 is 4.90 Å². The second-order valence-electron chi connectivity index (χ2n) is 5.89. The highest BCUT2D eigenvalue weighted by Gasteiger charge is 2.37. The summed E-state index contributed by atoms with van der Waals surface area (Å²) in [7, 11) is 0. The normalized spacial score (nSPS) is 27.8. The van der Waals surface area contributed by atoms with Gasteiger partial charge in [0.1, 0.15) is 0 Å². The molecule has 1 aromatic heterocycles. The van der Waals surface area contributed by atoms with E-state index < -0.39 is 0 Å². The van der Waals surface area contributed by atoms with Crippen LogP contribution in [0.1, 0.15) is 52.0 Å². The van der Waals surface area contributed by atoms with E-state index in [-0.39, 0.29) is 0 Å². The topological polar surface area (TPSA) is 36.9 Å². The Labute approximate surface area is 113 Å². The van der Waals surface area contributed by atoms with Gasteiger partial charge in [-0.2, -0.15) is 0 Å². The Morgan fingerprint density at radius 3 is 2.83 bits per heavy atom. The lowest BCUT2D eigenvalue weighted by atomic mass is 9.92. The molecule has 0 radical (unpaired) electrons. The highest BCUT2D eigenvalue weighted by molar-refractivity contribution is 7.71. The van der Waals surface area contributed by atoms with Crippen molar-refractivity contribution in [1.29, 1.82) is 0 Å². The monoisotopic (exact) mass is 266 g/mol. The van der Waals surface area contributed by atoms with Crippen LogP contribution in [0.2, 0.25) is 0 Å². The van der Waals surface area contributed by atoms with E-state index in [2.05, 4.69) is 33.5 Å². The van der Waals surface area contributed by atoms with Crippen LogP contribution in [0.15, 0.2) is 0 Å². The number of anilines is 1. The fourth-order valence-corrected chi connectivity index (χ4v) is 4.00. The SMILES string of the molecule is CC(C)n1c(N2CCCC3CCCC32)n[nH]c1=S. The number of rotatable bonds is 2. The number of aromatic amines is 1. The fourth-order valence-electron chi connectivity index (χ4n) is 3.67. The Bertz CT molecular complexity index is 476. The van der Waals surface area contributed by atoms with E-state index in [0.29, 0.717) is 12.1 Å². The molecule has 0 aromatic carbocycles. The predicted molar refractivity (Wildman–Crippen MR) is 75.5 cm³/mol. The second kappa shape index (κ2) is 4.68. The highest BCUT2D eigenvalue weighted by Crippen LogP contribution is 2.38. The molecule has 2 heterocycles. The molecule has 18 heavy (non-hydrogen) atoms. The molecule has 1 aliphatic carbocycles. The van der Waals surface area contributed by atoms with E-state index in [4.69, 9.17) is 12.2 Å². The number of H-pyrrole nitrogens is 1. The molecule has 2 aliphatic rings. The summed E-state index contributed by atoms with van der Waals surface area (Å²) in [6.07, 6.45) is 6.78. The fraction of sp³-hybridized carbons (Fsp3) is 0.846. The Morgan fingerprint density at radius 1 is 1.28 bits per heavy atom. The van der Waals surface area contributed by atoms with Crippen LogP contribution in [-0.4, -0.2) is 27.4 Å². The molecule has 3 rings (SSSR count). The van der Waals surface area contributed by atoms with Gasteiger partial charge in [0.25, 0.3) is 0 Å². The van der Waals surface area contributed by atoms with Crippen LogP contribution < -0.4 is 4.90 Å². The molecule has 5 heteroatoms. The van der Waals surface area contributed by atoms with Gasteiger partial charge >= 0.3 is 0 Å². The summed E-state index contributed by atoms with van der Waals surface area (Å²) >= 11 is 5.36. The molecule has 0 bridgehead atoms. The van der Waals surface area contributed by atoms with Gasteiger partial charge in [0, 0.05) is 18.6 Å². The lowest BCUT2D eigenvalue weighted by molar-refractivity contribution is 0.353. The van der Waals surface area contributed by atoms with Crippen LogP contribution in [0.25, 0.3) is 0 Å². The van der Waals surface area contributed by atoms with Gasteiger partial charge in [0.15, 0.2) is 4.77 Å². The molecule has 0 amide bonds. The molecule has 2 unspecified atom stereocenters. The van der Waals surface area contributed by atoms with E-state index >= 15 is 0 Å². The minimum absolute atomic E-state index is 0.369. The smallest absolute Gasteiger partial charge is 0.226 e. The highest BCUT2D eigenvalue weighted by atomic mass is 32.1. The van der Waals surface area contributed by atoms with Crippen LogP contribution in [-0.2, 0) is 0 Å². The van der Waals surface area contributed by atoms with Crippen molar-refractivity contribution in [3.05, 3.63) is 4.77 Å². The zero-order chi connectivity index (χ0) is 12.7. The Balaban J connectivity index is 1.96. The molecular weight excluding hydrogens is 244 g/mol. The van der Waals surface area contributed by atoms with Gasteiger partial charge in [0.2, 0.25) is 5.95 Å². The van der Waals surface area contributed by atoms with Gasteiger partial charge in [-0.15, -0.1) is 5.10 Å². The first-order valence-electron chi connectivity index (χ1n) is 7.12. The Hall–Kier alpha value is -0.840. The second-order valence-corrected chi connectivity index (χ2v) is 6.27. The summed E-state index contributed by atoms with van der Waals surface area (Å²) in [4.78, 5) is 2.51. The maximum absolute atomic E-state index is 5.36. The van der Waals surface area contributed by atoms with Crippen LogP contribution in [0.4, 0.5) is 5.95 Å². The van der Waals surface area contributed by atoms with Gasteiger partial charge in [0.05, 0.1) is 0 Å². The standard InChI is InChI=1S/C13H22N4S/c1-9(2)17-12(14-15-13(17)18)16-8-4-6-10-5-3-7-11(10)16/h9-11H,3-8H2,1-2H3,(H,15,18). The quantitative estimate of drug-likeness (QED) is 0.835. The number of fused-ring (bicyclic) bond motifs is 1. The number of piperidine rings is 1. The molecule has 2 fully saturated rings. The number of hydrogen-bond donors (Lipinski definition) is 1. The maximum atomic E-state index is 5.36. The first kappa shape index (κ1) is 12.2. The van der Waals surface area contributed by atoms with Gasteiger partial charge in [-0.3, -0.25) is 4.57 Å². The van der Waals surface area contributed by atoms with E-state index in [1.807, 2.05) is 0 Å². The summed E-state index contributed by atoms with van der Waals surface area (Å²) in [6, 6.07) is 1.06. The number of aromatic nitrogens is 3. The molecule has 4 nitrogen and oxygen atoms in total. The third-order valence-electron chi connectivity index (χ3n) is 4.45. The van der Waals surface area contributed by atoms with Crippen molar-refractivity contribution in [2.75, 3.05) is 11.4 Å². The molecule has 1 N–H and O–H groups in total. The lowest BCUT2D eigenvalue weighted by Crippen LogP contribution is -2.44. The van der Waals surface area contributed by atoms with Crippen LogP contribution in [0.3, 0.4) is 0 Å². The van der Waals surface area contributed by atoms with E-state index in [1.165, 1.54) is 32.1 Å². The van der Waals surface area contributed by atoms with Gasteiger partial charge in [-0.05, 0) is 57.7 Å². The molecular formula is C13H22N4S. The number of hydrogen-bond acceptors (Lipinski definition) is 3. The minimum Gasteiger partial charge on any atom is -0.338 e. The third-order valence-corrected chi connectivity index (χ3v) is 4.74. The largest absolute Gasteiger partial charge is 0.338 e. The maximum Gasteiger partial charge on any atom is 0.226 e. The van der Waals surface area contributed by atoms with E-state index in [0.717, 1.165) is 23.2 Å². The van der Waals surface area contributed by atoms with Crippen LogP contribution in [0.5, 0.6) is 0 Å². The third kappa shape index (κ3) is 1.88. The molecule has 1 aliphatic heterocycles. The van der Waals surface area contributed by atoms with Crippen molar-refractivity contribution in [2.45, 2.75) is 58.0 Å². The van der Waals surface area contributed by atoms with E-state index in [1.54, 1.807) is 0 Å². The molecule has 0 spiro atoms.